The Morgan fingerprint density at radius 1 is 0.741 bits per heavy atom. The van der Waals surface area contributed by atoms with Crippen molar-refractivity contribution in [1.82, 2.24) is 0 Å². The van der Waals surface area contributed by atoms with Gasteiger partial charge in [0.2, 0.25) is 0 Å². The van der Waals surface area contributed by atoms with Gasteiger partial charge < -0.3 is 12.5 Å². The van der Waals surface area contributed by atoms with E-state index in [0.717, 1.165) is 24.0 Å². The van der Waals surface area contributed by atoms with Crippen LogP contribution in [0.5, 0.6) is 0 Å². The summed E-state index contributed by atoms with van der Waals surface area (Å²) in [5.74, 6) is 0. The molecule has 1 aliphatic carbocycles. The molecule has 0 aliphatic heterocycles. The minimum absolute atomic E-state index is 0. The number of hydrogen-bond donors (Lipinski definition) is 1. The maximum absolute atomic E-state index is 8.07. The number of unbranched alkanes of at least 4 members (excludes halogenated alkanes) is 1. The molecule has 0 aromatic heterocycles. The standard InChI is InChI=1S/2C7H7.C5H10.C4H10O.CH4.CH3.Ti/c2*1-7-5-3-2-4-6-7;1-2-4-5-3-1;1-2-3-4-5;;;/h2*2-6H,1H2;1-5H2;5H,2-4H2,1H3;1H4;1H3;/q2*-1;;;;-1;+3. The van der Waals surface area contributed by atoms with Crippen LogP contribution in [0.15, 0.2) is 60.7 Å². The summed E-state index contributed by atoms with van der Waals surface area (Å²) in [6.07, 6.45) is 9.54. The van der Waals surface area contributed by atoms with Gasteiger partial charge in [-0.15, -0.1) is 24.3 Å². The van der Waals surface area contributed by atoms with E-state index < -0.39 is 0 Å². The molecule has 27 heavy (non-hydrogen) atoms. The van der Waals surface area contributed by atoms with E-state index in [1.54, 1.807) is 0 Å². The van der Waals surface area contributed by atoms with Crippen LogP contribution in [0.25, 0.3) is 0 Å². The molecular formula is C25H41OTi. The molecule has 1 N–H and O–H groups in total. The summed E-state index contributed by atoms with van der Waals surface area (Å²) in [6, 6.07) is 19.7. The van der Waals surface area contributed by atoms with Crippen LogP contribution in [-0.4, -0.2) is 11.7 Å². The van der Waals surface area contributed by atoms with Crippen molar-refractivity contribution in [2.75, 3.05) is 6.61 Å². The molecule has 2 heteroatoms. The van der Waals surface area contributed by atoms with E-state index in [2.05, 4.69) is 20.8 Å². The molecule has 0 amide bonds. The Balaban J connectivity index is -0.000000128. The molecule has 1 nitrogen and oxygen atoms in total. The molecule has 1 radical (unpaired) electrons. The van der Waals surface area contributed by atoms with Gasteiger partial charge in [-0.25, -0.2) is 0 Å². The Bertz CT molecular complexity index is 405. The van der Waals surface area contributed by atoms with E-state index in [1.165, 1.54) is 32.1 Å². The van der Waals surface area contributed by atoms with E-state index in [9.17, 15) is 0 Å². The van der Waals surface area contributed by atoms with Crippen LogP contribution in [-0.2, 0) is 21.7 Å². The maximum atomic E-state index is 8.07. The zero-order chi connectivity index (χ0) is 17.9. The SMILES string of the molecule is C.C1CCCC1.CCCCO.[CH2-]c1ccccc1.[CH2-]c1ccccc1.[CH3-].[Ti+3]. The molecule has 0 bridgehead atoms. The largest absolute Gasteiger partial charge is 3.00 e. The summed E-state index contributed by atoms with van der Waals surface area (Å²) in [6.45, 7) is 9.84. The fraction of sp³-hybridized carbons (Fsp3) is 0.400. The zero-order valence-corrected chi connectivity index (χ0v) is 18.4. The Hall–Kier alpha value is -1.15. The van der Waals surface area contributed by atoms with Crippen LogP contribution in [0.2, 0.25) is 0 Å². The Kier molecular flexibility index (Phi) is 33.5. The van der Waals surface area contributed by atoms with Crippen LogP contribution in [0, 0.1) is 21.3 Å². The van der Waals surface area contributed by atoms with Crippen LogP contribution >= 0.6 is 0 Å². The summed E-state index contributed by atoms with van der Waals surface area (Å²) in [5.41, 5.74) is 2.14. The molecule has 1 fully saturated rings. The average Bonchev–Trinajstić information content (AvgIpc) is 3.18. The second-order valence-corrected chi connectivity index (χ2v) is 5.82. The van der Waals surface area contributed by atoms with Gasteiger partial charge in [-0.3, -0.25) is 0 Å². The summed E-state index contributed by atoms with van der Waals surface area (Å²) in [5, 5.41) is 8.07. The van der Waals surface area contributed by atoms with E-state index in [4.69, 9.17) is 5.11 Å². The van der Waals surface area contributed by atoms with E-state index in [-0.39, 0.29) is 36.6 Å². The molecule has 2 aromatic carbocycles. The monoisotopic (exact) mass is 405 g/mol. The first-order valence-electron chi connectivity index (χ1n) is 9.05. The van der Waals surface area contributed by atoms with Gasteiger partial charge in [0, 0.05) is 6.61 Å². The smallest absolute Gasteiger partial charge is 0.396 e. The van der Waals surface area contributed by atoms with Crippen LogP contribution in [0.4, 0.5) is 0 Å². The summed E-state index contributed by atoms with van der Waals surface area (Å²) < 4.78 is 0. The van der Waals surface area contributed by atoms with Crippen molar-refractivity contribution < 1.29 is 26.8 Å². The molecule has 0 saturated heterocycles. The van der Waals surface area contributed by atoms with Gasteiger partial charge in [-0.05, 0) is 6.42 Å². The number of aliphatic hydroxyl groups is 1. The third-order valence-corrected chi connectivity index (χ3v) is 3.45. The average molecular weight is 405 g/mol. The van der Waals surface area contributed by atoms with Crippen molar-refractivity contribution in [2.45, 2.75) is 59.3 Å². The topological polar surface area (TPSA) is 20.2 Å². The van der Waals surface area contributed by atoms with Crippen LogP contribution in [0.3, 0.4) is 0 Å². The Labute approximate surface area is 185 Å². The van der Waals surface area contributed by atoms with Gasteiger partial charge in [-0.1, -0.05) is 65.0 Å². The van der Waals surface area contributed by atoms with Gasteiger partial charge in [0.1, 0.15) is 0 Å². The molecule has 3 rings (SSSR count). The number of aliphatic hydroxyl groups excluding tert-OH is 1. The minimum atomic E-state index is 0. The fourth-order valence-electron chi connectivity index (χ4n) is 2.00. The van der Waals surface area contributed by atoms with Gasteiger partial charge in [0.15, 0.2) is 0 Å². The third-order valence-electron chi connectivity index (χ3n) is 3.45. The van der Waals surface area contributed by atoms with Gasteiger partial charge >= 0.3 is 21.7 Å². The summed E-state index contributed by atoms with van der Waals surface area (Å²) in [4.78, 5) is 0. The predicted molar refractivity (Wildman–Crippen MR) is 120 cm³/mol. The van der Waals surface area contributed by atoms with Crippen LogP contribution < -0.4 is 0 Å². The third kappa shape index (κ3) is 27.2. The fourth-order valence-corrected chi connectivity index (χ4v) is 2.00. The van der Waals surface area contributed by atoms with Crippen molar-refractivity contribution in [3.8, 4) is 0 Å². The second kappa shape index (κ2) is 27.1. The van der Waals surface area contributed by atoms with E-state index in [0.29, 0.717) is 6.61 Å². The van der Waals surface area contributed by atoms with E-state index in [1.807, 2.05) is 60.7 Å². The Morgan fingerprint density at radius 2 is 1.04 bits per heavy atom. The first-order valence-corrected chi connectivity index (χ1v) is 9.05. The minimum Gasteiger partial charge on any atom is -0.396 e. The normalized spacial score (nSPS) is 10.4. The van der Waals surface area contributed by atoms with Crippen molar-refractivity contribution in [3.05, 3.63) is 93.1 Å². The number of benzene rings is 2. The van der Waals surface area contributed by atoms with Crippen molar-refractivity contribution >= 4 is 0 Å². The molecular weight excluding hydrogens is 364 g/mol. The van der Waals surface area contributed by atoms with Gasteiger partial charge in [-0.2, -0.15) is 49.2 Å². The Morgan fingerprint density at radius 3 is 1.15 bits per heavy atom. The first-order chi connectivity index (χ1) is 11.7. The zero-order valence-electron chi connectivity index (χ0n) is 16.8. The van der Waals surface area contributed by atoms with Crippen molar-refractivity contribution in [3.63, 3.8) is 0 Å². The van der Waals surface area contributed by atoms with Crippen molar-refractivity contribution in [2.24, 2.45) is 0 Å². The number of hydrogen-bond acceptors (Lipinski definition) is 1. The van der Waals surface area contributed by atoms with Gasteiger partial charge in [0.25, 0.3) is 0 Å². The molecule has 2 aromatic rings. The molecule has 0 spiro atoms. The maximum Gasteiger partial charge on any atom is 3.00 e. The molecule has 151 valence electrons. The second-order valence-electron chi connectivity index (χ2n) is 5.82. The quantitative estimate of drug-likeness (QED) is 0.404. The van der Waals surface area contributed by atoms with Gasteiger partial charge in [0.05, 0.1) is 0 Å². The summed E-state index contributed by atoms with van der Waals surface area (Å²) in [7, 11) is 0. The molecule has 1 aliphatic rings. The molecule has 0 atom stereocenters. The molecule has 1 saturated carbocycles. The van der Waals surface area contributed by atoms with E-state index >= 15 is 0 Å². The summed E-state index contributed by atoms with van der Waals surface area (Å²) >= 11 is 0. The first kappa shape index (κ1) is 33.4. The van der Waals surface area contributed by atoms with Crippen LogP contribution in [0.1, 0.15) is 70.4 Å². The van der Waals surface area contributed by atoms with Crippen molar-refractivity contribution in [1.29, 1.82) is 0 Å². The molecule has 0 heterocycles. The predicted octanol–water partition coefficient (Wildman–Crippen LogP) is 7.55. The number of rotatable bonds is 2. The molecule has 0 unspecified atom stereocenters.